The molecule has 3 aromatic heterocycles. The Kier molecular flexibility index (Phi) is 4.43. The summed E-state index contributed by atoms with van der Waals surface area (Å²) in [6.07, 6.45) is 0. The molecule has 4 aromatic rings. The quantitative estimate of drug-likeness (QED) is 0.505. The first-order chi connectivity index (χ1) is 12.5. The summed E-state index contributed by atoms with van der Waals surface area (Å²) in [6, 6.07) is 9.00. The largest absolute Gasteiger partial charge is 0.374 e. The number of aromatic amines is 1. The van der Waals surface area contributed by atoms with E-state index in [1.807, 2.05) is 31.2 Å². The van der Waals surface area contributed by atoms with Gasteiger partial charge >= 0.3 is 0 Å². The van der Waals surface area contributed by atoms with Crippen molar-refractivity contribution in [2.75, 3.05) is 5.73 Å². The first-order valence-electron chi connectivity index (χ1n) is 7.60. The Morgan fingerprint density at radius 2 is 2.19 bits per heavy atom. The van der Waals surface area contributed by atoms with Gasteiger partial charge in [0.1, 0.15) is 0 Å². The first kappa shape index (κ1) is 17.1. The minimum absolute atomic E-state index is 0.168. The molecule has 0 fully saturated rings. The van der Waals surface area contributed by atoms with Crippen LogP contribution in [0.4, 0.5) is 5.13 Å². The molecule has 1 aromatic carbocycles. The number of benzene rings is 1. The van der Waals surface area contributed by atoms with Crippen molar-refractivity contribution in [2.45, 2.75) is 17.0 Å². The maximum absolute atomic E-state index is 12.5. The third-order valence-corrected chi connectivity index (χ3v) is 5.88. The molecule has 0 radical (unpaired) electrons. The van der Waals surface area contributed by atoms with E-state index in [1.54, 1.807) is 0 Å². The Bertz CT molecular complexity index is 1170. The van der Waals surface area contributed by atoms with Crippen LogP contribution in [0.5, 0.6) is 0 Å². The van der Waals surface area contributed by atoms with Gasteiger partial charge in [-0.1, -0.05) is 46.8 Å². The summed E-state index contributed by atoms with van der Waals surface area (Å²) in [6.45, 7) is 1.91. The minimum atomic E-state index is -0.168. The van der Waals surface area contributed by atoms with Crippen molar-refractivity contribution in [3.8, 4) is 11.1 Å². The highest BCUT2D eigenvalue weighted by Crippen LogP contribution is 2.30. The van der Waals surface area contributed by atoms with Crippen LogP contribution in [-0.2, 0) is 5.75 Å². The molecule has 0 aliphatic rings. The van der Waals surface area contributed by atoms with Crippen LogP contribution in [-0.4, -0.2) is 24.8 Å². The van der Waals surface area contributed by atoms with Crippen LogP contribution >= 0.6 is 34.7 Å². The lowest BCUT2D eigenvalue weighted by Gasteiger charge is -2.03. The zero-order valence-electron chi connectivity index (χ0n) is 13.6. The summed E-state index contributed by atoms with van der Waals surface area (Å²) < 4.78 is 2.19. The number of hydrogen-bond donors (Lipinski definition) is 2. The average molecular weight is 405 g/mol. The van der Waals surface area contributed by atoms with Gasteiger partial charge in [-0.05, 0) is 24.6 Å². The van der Waals surface area contributed by atoms with E-state index in [0.717, 1.165) is 21.2 Å². The monoisotopic (exact) mass is 404 g/mol. The Morgan fingerprint density at radius 3 is 2.92 bits per heavy atom. The summed E-state index contributed by atoms with van der Waals surface area (Å²) in [5, 5.41) is 11.9. The molecule has 0 unspecified atom stereocenters. The Morgan fingerprint density at radius 1 is 1.35 bits per heavy atom. The van der Waals surface area contributed by atoms with E-state index >= 15 is 0 Å². The Hall–Kier alpha value is -2.36. The van der Waals surface area contributed by atoms with Crippen molar-refractivity contribution in [1.82, 2.24) is 24.8 Å². The number of nitrogens with zero attached hydrogens (tertiary/aromatic N) is 4. The topological polar surface area (TPSA) is 102 Å². The van der Waals surface area contributed by atoms with Gasteiger partial charge in [0.05, 0.1) is 5.69 Å². The van der Waals surface area contributed by atoms with Gasteiger partial charge in [0.25, 0.3) is 5.56 Å². The van der Waals surface area contributed by atoms with Gasteiger partial charge in [-0.25, -0.2) is 9.50 Å². The SMILES string of the molecule is Cc1[nH]n2c(=O)cc(CSc3nnc(N)s3)nc2c1-c1cccc(Cl)c1. The fourth-order valence-electron chi connectivity index (χ4n) is 2.67. The van der Waals surface area contributed by atoms with Crippen LogP contribution in [0, 0.1) is 6.92 Å². The highest BCUT2D eigenvalue weighted by atomic mass is 35.5. The number of H-pyrrole nitrogens is 1. The van der Waals surface area contributed by atoms with Gasteiger partial charge in [0.2, 0.25) is 5.13 Å². The van der Waals surface area contributed by atoms with Crippen LogP contribution < -0.4 is 11.3 Å². The Labute approximate surface area is 161 Å². The molecule has 10 heteroatoms. The molecule has 0 bridgehead atoms. The van der Waals surface area contributed by atoms with Gasteiger partial charge in [0.15, 0.2) is 9.99 Å². The second-order valence-corrected chi connectivity index (χ2v) is 8.23. The van der Waals surface area contributed by atoms with Crippen LogP contribution in [0.15, 0.2) is 39.5 Å². The number of thioether (sulfide) groups is 1. The van der Waals surface area contributed by atoms with Gasteiger partial charge in [-0.15, -0.1) is 10.2 Å². The van der Waals surface area contributed by atoms with Gasteiger partial charge in [0, 0.05) is 28.1 Å². The number of aryl methyl sites for hydroxylation is 1. The third-order valence-electron chi connectivity index (χ3n) is 3.73. The summed E-state index contributed by atoms with van der Waals surface area (Å²) >= 11 is 8.88. The van der Waals surface area contributed by atoms with Crippen LogP contribution in [0.2, 0.25) is 5.02 Å². The maximum atomic E-state index is 12.5. The van der Waals surface area contributed by atoms with E-state index < -0.39 is 0 Å². The summed E-state index contributed by atoms with van der Waals surface area (Å²) in [4.78, 5) is 17.2. The van der Waals surface area contributed by atoms with Crippen molar-refractivity contribution >= 4 is 45.5 Å². The lowest BCUT2D eigenvalue weighted by Crippen LogP contribution is -2.15. The number of fused-ring (bicyclic) bond motifs is 1. The lowest BCUT2D eigenvalue weighted by molar-refractivity contribution is 0.871. The number of halogens is 1. The molecule has 7 nitrogen and oxygen atoms in total. The number of anilines is 1. The van der Waals surface area contributed by atoms with E-state index in [0.29, 0.717) is 27.2 Å². The molecule has 0 amide bonds. The van der Waals surface area contributed by atoms with E-state index in [9.17, 15) is 4.79 Å². The summed E-state index contributed by atoms with van der Waals surface area (Å²) in [5.41, 5.74) is 9.27. The van der Waals surface area contributed by atoms with E-state index in [4.69, 9.17) is 17.3 Å². The highest BCUT2D eigenvalue weighted by Gasteiger charge is 2.15. The number of aromatic nitrogens is 5. The van der Waals surface area contributed by atoms with Crippen molar-refractivity contribution in [3.63, 3.8) is 0 Å². The molecule has 0 saturated carbocycles. The molecular weight excluding hydrogens is 392 g/mol. The zero-order chi connectivity index (χ0) is 18.3. The third kappa shape index (κ3) is 3.20. The van der Waals surface area contributed by atoms with Crippen LogP contribution in [0.25, 0.3) is 16.8 Å². The second kappa shape index (κ2) is 6.75. The fraction of sp³-hybridized carbons (Fsp3) is 0.125. The molecule has 3 heterocycles. The molecule has 132 valence electrons. The van der Waals surface area contributed by atoms with Crippen molar-refractivity contribution in [1.29, 1.82) is 0 Å². The molecule has 0 aliphatic heterocycles. The van der Waals surface area contributed by atoms with E-state index in [-0.39, 0.29) is 5.56 Å². The molecule has 0 atom stereocenters. The lowest BCUT2D eigenvalue weighted by atomic mass is 10.1. The van der Waals surface area contributed by atoms with Gasteiger partial charge < -0.3 is 5.73 Å². The molecule has 0 spiro atoms. The fourth-order valence-corrected chi connectivity index (χ4v) is 4.39. The number of nitrogen functional groups attached to an aromatic ring is 1. The van der Waals surface area contributed by atoms with Crippen molar-refractivity contribution in [3.05, 3.63) is 57.1 Å². The predicted octanol–water partition coefficient (Wildman–Crippen LogP) is 3.38. The van der Waals surface area contributed by atoms with Gasteiger partial charge in [-0.2, -0.15) is 0 Å². The number of nitrogens with two attached hydrogens (primary N) is 1. The second-order valence-electron chi connectivity index (χ2n) is 5.56. The zero-order valence-corrected chi connectivity index (χ0v) is 16.0. The first-order valence-corrected chi connectivity index (χ1v) is 9.78. The number of hydrogen-bond acceptors (Lipinski definition) is 7. The summed E-state index contributed by atoms with van der Waals surface area (Å²) in [5.74, 6) is 0.500. The standard InChI is InChI=1S/C16H13ClN6OS2/c1-8-13(9-3-2-4-10(17)5-9)14-19-11(6-12(24)23(14)22-8)7-25-16-21-20-15(18)26-16/h2-6,22H,7H2,1H3,(H2,18,20). The number of nitrogens with one attached hydrogen (secondary N) is 1. The maximum Gasteiger partial charge on any atom is 0.272 e. The Balaban J connectivity index is 1.77. The number of rotatable bonds is 4. The normalized spacial score (nSPS) is 11.3. The molecule has 0 aliphatic carbocycles. The molecule has 0 saturated heterocycles. The molecule has 26 heavy (non-hydrogen) atoms. The molecule has 4 rings (SSSR count). The van der Waals surface area contributed by atoms with Crippen molar-refractivity contribution < 1.29 is 0 Å². The van der Waals surface area contributed by atoms with Crippen molar-refractivity contribution in [2.24, 2.45) is 0 Å². The van der Waals surface area contributed by atoms with Crippen LogP contribution in [0.1, 0.15) is 11.4 Å². The minimum Gasteiger partial charge on any atom is -0.374 e. The van der Waals surface area contributed by atoms with E-state index in [2.05, 4.69) is 20.3 Å². The highest BCUT2D eigenvalue weighted by molar-refractivity contribution is 8.00. The summed E-state index contributed by atoms with van der Waals surface area (Å²) in [7, 11) is 0. The smallest absolute Gasteiger partial charge is 0.272 e. The van der Waals surface area contributed by atoms with E-state index in [1.165, 1.54) is 33.7 Å². The molecular formula is C16H13ClN6OS2. The van der Waals surface area contributed by atoms with Crippen LogP contribution in [0.3, 0.4) is 0 Å². The molecule has 3 N–H and O–H groups in total. The average Bonchev–Trinajstić information content (AvgIpc) is 3.16. The predicted molar refractivity (Wildman–Crippen MR) is 105 cm³/mol. The van der Waals surface area contributed by atoms with Gasteiger partial charge in [-0.3, -0.25) is 9.89 Å².